The number of hydrogen-bond acceptors (Lipinski definition) is 5. The van der Waals surface area contributed by atoms with Crippen LogP contribution in [0.5, 0.6) is 0 Å². The van der Waals surface area contributed by atoms with Crippen LogP contribution in [0.2, 0.25) is 0 Å². The third-order valence-corrected chi connectivity index (χ3v) is 6.44. The summed E-state index contributed by atoms with van der Waals surface area (Å²) < 4.78 is 2.29. The summed E-state index contributed by atoms with van der Waals surface area (Å²) in [5, 5.41) is 12.7. The number of thioether (sulfide) groups is 1. The molecular weight excluding hydrogens is 358 g/mol. The fraction of sp³-hybridized carbons (Fsp3) is 0.550. The SMILES string of the molecule is O=C(CSc1nnc(C2CC2)n1C1CC1)Nc1ccc(N2CCCC2)cc1. The lowest BCUT2D eigenvalue weighted by Gasteiger charge is -2.17. The number of hydrogen-bond donors (Lipinski definition) is 1. The van der Waals surface area contributed by atoms with Gasteiger partial charge >= 0.3 is 0 Å². The van der Waals surface area contributed by atoms with Crippen LogP contribution in [0.15, 0.2) is 29.4 Å². The molecule has 5 rings (SSSR count). The highest BCUT2D eigenvalue weighted by molar-refractivity contribution is 7.99. The lowest BCUT2D eigenvalue weighted by atomic mass is 10.2. The third kappa shape index (κ3) is 3.83. The molecule has 6 nitrogen and oxygen atoms in total. The maximum atomic E-state index is 12.4. The first-order valence-electron chi connectivity index (χ1n) is 10.0. The first kappa shape index (κ1) is 17.1. The Morgan fingerprint density at radius 3 is 2.48 bits per heavy atom. The smallest absolute Gasteiger partial charge is 0.234 e. The van der Waals surface area contributed by atoms with Crippen LogP contribution in [0, 0.1) is 0 Å². The molecule has 3 aliphatic rings. The van der Waals surface area contributed by atoms with Crippen molar-refractivity contribution in [2.24, 2.45) is 0 Å². The lowest BCUT2D eigenvalue weighted by molar-refractivity contribution is -0.113. The first-order valence-corrected chi connectivity index (χ1v) is 11.0. The summed E-state index contributed by atoms with van der Waals surface area (Å²) in [6, 6.07) is 8.74. The highest BCUT2D eigenvalue weighted by Crippen LogP contribution is 2.46. The van der Waals surface area contributed by atoms with E-state index in [2.05, 4.69) is 37.1 Å². The van der Waals surface area contributed by atoms with E-state index in [4.69, 9.17) is 0 Å². The van der Waals surface area contributed by atoms with Crippen molar-refractivity contribution in [3.05, 3.63) is 30.1 Å². The van der Waals surface area contributed by atoms with Gasteiger partial charge in [-0.15, -0.1) is 10.2 Å². The summed E-state index contributed by atoms with van der Waals surface area (Å²) >= 11 is 1.50. The summed E-state index contributed by atoms with van der Waals surface area (Å²) in [4.78, 5) is 14.8. The number of amides is 1. The van der Waals surface area contributed by atoms with Crippen molar-refractivity contribution >= 4 is 29.0 Å². The molecule has 0 spiro atoms. The molecule has 1 N–H and O–H groups in total. The van der Waals surface area contributed by atoms with Crippen molar-refractivity contribution in [3.8, 4) is 0 Å². The van der Waals surface area contributed by atoms with Gasteiger partial charge in [-0.05, 0) is 62.8 Å². The molecule has 0 radical (unpaired) electrons. The monoisotopic (exact) mass is 383 g/mol. The number of carbonyl (C=O) groups excluding carboxylic acids is 1. The minimum atomic E-state index is 0.00670. The molecule has 2 aliphatic carbocycles. The Morgan fingerprint density at radius 1 is 1.07 bits per heavy atom. The van der Waals surface area contributed by atoms with Crippen molar-refractivity contribution in [2.75, 3.05) is 29.1 Å². The van der Waals surface area contributed by atoms with Crippen LogP contribution in [0.3, 0.4) is 0 Å². The van der Waals surface area contributed by atoms with Crippen LogP contribution in [0.25, 0.3) is 0 Å². The molecule has 1 aromatic carbocycles. The number of nitrogens with one attached hydrogen (secondary N) is 1. The molecule has 27 heavy (non-hydrogen) atoms. The molecule has 142 valence electrons. The predicted octanol–water partition coefficient (Wildman–Crippen LogP) is 3.82. The largest absolute Gasteiger partial charge is 0.372 e. The first-order chi connectivity index (χ1) is 13.3. The van der Waals surface area contributed by atoms with E-state index in [1.54, 1.807) is 0 Å². The Morgan fingerprint density at radius 2 is 1.81 bits per heavy atom. The maximum Gasteiger partial charge on any atom is 0.234 e. The minimum absolute atomic E-state index is 0.00670. The summed E-state index contributed by atoms with van der Waals surface area (Å²) in [6.45, 7) is 2.26. The van der Waals surface area contributed by atoms with Crippen LogP contribution in [0.1, 0.15) is 56.3 Å². The Balaban J connectivity index is 1.18. The van der Waals surface area contributed by atoms with E-state index in [1.165, 1.54) is 56.0 Å². The van der Waals surface area contributed by atoms with Crippen LogP contribution in [0.4, 0.5) is 11.4 Å². The average molecular weight is 384 g/mol. The average Bonchev–Trinajstić information content (AvgIpc) is 3.61. The van der Waals surface area contributed by atoms with Crippen molar-refractivity contribution in [3.63, 3.8) is 0 Å². The zero-order chi connectivity index (χ0) is 18.2. The second-order valence-electron chi connectivity index (χ2n) is 7.79. The molecule has 7 heteroatoms. The summed E-state index contributed by atoms with van der Waals surface area (Å²) in [5.74, 6) is 2.10. The molecule has 0 unspecified atom stereocenters. The second kappa shape index (κ2) is 7.19. The van der Waals surface area contributed by atoms with Gasteiger partial charge < -0.3 is 14.8 Å². The van der Waals surface area contributed by atoms with Gasteiger partial charge in [-0.2, -0.15) is 0 Å². The van der Waals surface area contributed by atoms with Crippen LogP contribution in [-0.2, 0) is 4.79 Å². The zero-order valence-electron chi connectivity index (χ0n) is 15.4. The van der Waals surface area contributed by atoms with E-state index >= 15 is 0 Å². The van der Waals surface area contributed by atoms with E-state index < -0.39 is 0 Å². The molecule has 0 bridgehead atoms. The second-order valence-corrected chi connectivity index (χ2v) is 8.74. The predicted molar refractivity (Wildman–Crippen MR) is 108 cm³/mol. The molecule has 1 saturated heterocycles. The van der Waals surface area contributed by atoms with Crippen LogP contribution >= 0.6 is 11.8 Å². The minimum Gasteiger partial charge on any atom is -0.372 e. The van der Waals surface area contributed by atoms with Gasteiger partial charge in [-0.25, -0.2) is 0 Å². The number of rotatable bonds is 7. The third-order valence-electron chi connectivity index (χ3n) is 5.50. The van der Waals surface area contributed by atoms with Gasteiger partial charge in [0.1, 0.15) is 5.82 Å². The number of anilines is 2. The molecule has 3 fully saturated rings. The van der Waals surface area contributed by atoms with Gasteiger partial charge in [0, 0.05) is 36.4 Å². The number of aromatic nitrogens is 3. The molecule has 2 saturated carbocycles. The summed E-state index contributed by atoms with van der Waals surface area (Å²) in [5.41, 5.74) is 2.09. The molecule has 2 heterocycles. The molecule has 1 aliphatic heterocycles. The van der Waals surface area contributed by atoms with E-state index in [-0.39, 0.29) is 5.91 Å². The number of benzene rings is 1. The van der Waals surface area contributed by atoms with E-state index in [0.29, 0.717) is 17.7 Å². The normalized spacial score (nSPS) is 19.5. The van der Waals surface area contributed by atoms with Crippen LogP contribution < -0.4 is 10.2 Å². The quantitative estimate of drug-likeness (QED) is 0.737. The number of carbonyl (C=O) groups is 1. The van der Waals surface area contributed by atoms with E-state index in [0.717, 1.165) is 29.8 Å². The molecule has 1 amide bonds. The van der Waals surface area contributed by atoms with Crippen LogP contribution in [-0.4, -0.2) is 39.5 Å². The topological polar surface area (TPSA) is 63.1 Å². The summed E-state index contributed by atoms with van der Waals surface area (Å²) in [6.07, 6.45) is 7.40. The standard InChI is InChI=1S/C20H25N5OS/c26-18(21-15-5-7-16(8-6-15)24-11-1-2-12-24)13-27-20-23-22-19(14-3-4-14)25(20)17-9-10-17/h5-8,14,17H,1-4,9-13H2,(H,21,26). The van der Waals surface area contributed by atoms with Gasteiger partial charge in [0.15, 0.2) is 5.16 Å². The number of nitrogens with zero attached hydrogens (tertiary/aromatic N) is 4. The van der Waals surface area contributed by atoms with Gasteiger partial charge in [0.05, 0.1) is 5.75 Å². The van der Waals surface area contributed by atoms with Crippen molar-refractivity contribution in [1.29, 1.82) is 0 Å². The van der Waals surface area contributed by atoms with Gasteiger partial charge in [-0.1, -0.05) is 11.8 Å². The van der Waals surface area contributed by atoms with Gasteiger partial charge in [0.25, 0.3) is 0 Å². The maximum absolute atomic E-state index is 12.4. The lowest BCUT2D eigenvalue weighted by Crippen LogP contribution is -2.18. The Bertz CT molecular complexity index is 819. The van der Waals surface area contributed by atoms with Crippen molar-refractivity contribution in [2.45, 2.75) is 55.6 Å². The Kier molecular flexibility index (Phi) is 4.55. The molecule has 0 atom stereocenters. The van der Waals surface area contributed by atoms with E-state index in [9.17, 15) is 4.79 Å². The van der Waals surface area contributed by atoms with Crippen molar-refractivity contribution < 1.29 is 4.79 Å². The fourth-order valence-corrected chi connectivity index (χ4v) is 4.55. The molecule has 1 aromatic heterocycles. The highest BCUT2D eigenvalue weighted by atomic mass is 32.2. The highest BCUT2D eigenvalue weighted by Gasteiger charge is 2.36. The Labute approximate surface area is 163 Å². The molecular formula is C20H25N5OS. The molecule has 2 aromatic rings. The van der Waals surface area contributed by atoms with Crippen molar-refractivity contribution in [1.82, 2.24) is 14.8 Å². The van der Waals surface area contributed by atoms with E-state index in [1.807, 2.05) is 12.1 Å². The fourth-order valence-electron chi connectivity index (χ4n) is 3.74. The van der Waals surface area contributed by atoms with Gasteiger partial charge in [0.2, 0.25) is 5.91 Å². The zero-order valence-corrected chi connectivity index (χ0v) is 16.2. The summed E-state index contributed by atoms with van der Waals surface area (Å²) in [7, 11) is 0. The Hall–Kier alpha value is -2.02. The van der Waals surface area contributed by atoms with Gasteiger partial charge in [-0.3, -0.25) is 4.79 Å².